The number of rotatable bonds is 2. The first-order valence-electron chi connectivity index (χ1n) is 5.63. The number of methoxy groups -OCH3 is 1. The summed E-state index contributed by atoms with van der Waals surface area (Å²) in [5, 5.41) is 9.08. The van der Waals surface area contributed by atoms with Crippen LogP contribution in [-0.2, 0) is 9.53 Å². The van der Waals surface area contributed by atoms with E-state index in [0.717, 1.165) is 0 Å². The standard InChI is InChI=1S/C13H11BrN2O3/c1-19-13(18)11-3-2-10(4-8(11)6-15)16-7-9(14)5-12(16)17/h2-4,9H,5,7H2,1H3. The van der Waals surface area contributed by atoms with Crippen molar-refractivity contribution in [3.8, 4) is 6.07 Å². The molecule has 0 aromatic heterocycles. The summed E-state index contributed by atoms with van der Waals surface area (Å²) in [5.41, 5.74) is 1.03. The van der Waals surface area contributed by atoms with Gasteiger partial charge in [-0.05, 0) is 18.2 Å². The van der Waals surface area contributed by atoms with Crippen LogP contribution in [0.3, 0.4) is 0 Å². The Morgan fingerprint density at radius 2 is 2.32 bits per heavy atom. The van der Waals surface area contributed by atoms with E-state index in [9.17, 15) is 9.59 Å². The molecule has 5 nitrogen and oxygen atoms in total. The van der Waals surface area contributed by atoms with Crippen molar-refractivity contribution in [2.24, 2.45) is 0 Å². The maximum atomic E-state index is 11.8. The van der Waals surface area contributed by atoms with Crippen molar-refractivity contribution < 1.29 is 14.3 Å². The zero-order chi connectivity index (χ0) is 14.0. The van der Waals surface area contributed by atoms with Gasteiger partial charge in [-0.15, -0.1) is 0 Å². The van der Waals surface area contributed by atoms with Crippen LogP contribution in [0.25, 0.3) is 0 Å². The average Bonchev–Trinajstić information content (AvgIpc) is 2.76. The fraction of sp³-hybridized carbons (Fsp3) is 0.308. The van der Waals surface area contributed by atoms with Crippen molar-refractivity contribution in [1.29, 1.82) is 5.26 Å². The van der Waals surface area contributed by atoms with E-state index in [1.807, 2.05) is 6.07 Å². The Morgan fingerprint density at radius 3 is 2.84 bits per heavy atom. The maximum Gasteiger partial charge on any atom is 0.339 e. The number of halogens is 1. The van der Waals surface area contributed by atoms with E-state index in [1.165, 1.54) is 19.2 Å². The molecule has 1 aliphatic heterocycles. The summed E-state index contributed by atoms with van der Waals surface area (Å²) in [4.78, 5) is 25.0. The Morgan fingerprint density at radius 1 is 1.58 bits per heavy atom. The monoisotopic (exact) mass is 322 g/mol. The average molecular weight is 323 g/mol. The molecule has 0 bridgehead atoms. The number of amides is 1. The van der Waals surface area contributed by atoms with Gasteiger partial charge in [0.05, 0.1) is 18.2 Å². The van der Waals surface area contributed by atoms with Crippen molar-refractivity contribution >= 4 is 33.5 Å². The molecular formula is C13H11BrN2O3. The normalized spacial score (nSPS) is 18.3. The highest BCUT2D eigenvalue weighted by Gasteiger charge is 2.29. The summed E-state index contributed by atoms with van der Waals surface area (Å²) >= 11 is 3.40. The lowest BCUT2D eigenvalue weighted by molar-refractivity contribution is -0.117. The maximum absolute atomic E-state index is 11.8. The molecule has 1 aliphatic rings. The first kappa shape index (κ1) is 13.6. The molecule has 0 saturated carbocycles. The summed E-state index contributed by atoms with van der Waals surface area (Å²) < 4.78 is 4.60. The van der Waals surface area contributed by atoms with Crippen LogP contribution in [0, 0.1) is 11.3 Å². The summed E-state index contributed by atoms with van der Waals surface area (Å²) in [7, 11) is 1.26. The molecule has 1 atom stereocenters. The van der Waals surface area contributed by atoms with E-state index in [0.29, 0.717) is 18.7 Å². The first-order chi connectivity index (χ1) is 9.06. The number of ether oxygens (including phenoxy) is 1. The quantitative estimate of drug-likeness (QED) is 0.615. The molecule has 1 saturated heterocycles. The summed E-state index contributed by atoms with van der Waals surface area (Å²) in [6.45, 7) is 0.557. The molecule has 6 heteroatoms. The molecule has 0 aliphatic carbocycles. The molecule has 1 aromatic rings. The Bertz CT molecular complexity index is 580. The third-order valence-corrected chi connectivity index (χ3v) is 3.53. The minimum Gasteiger partial charge on any atom is -0.465 e. The van der Waals surface area contributed by atoms with Crippen LogP contribution in [0.15, 0.2) is 18.2 Å². The topological polar surface area (TPSA) is 70.4 Å². The van der Waals surface area contributed by atoms with Gasteiger partial charge in [-0.25, -0.2) is 4.79 Å². The second kappa shape index (κ2) is 5.41. The second-order valence-electron chi connectivity index (χ2n) is 4.14. The van der Waals surface area contributed by atoms with Crippen LogP contribution in [-0.4, -0.2) is 30.4 Å². The number of esters is 1. The van der Waals surface area contributed by atoms with Gasteiger partial charge in [0.1, 0.15) is 6.07 Å². The predicted octanol–water partition coefficient (Wildman–Crippen LogP) is 1.85. The first-order valence-corrected chi connectivity index (χ1v) is 6.55. The molecule has 2 rings (SSSR count). The fourth-order valence-corrected chi connectivity index (χ4v) is 2.56. The zero-order valence-corrected chi connectivity index (χ0v) is 11.8. The molecule has 1 amide bonds. The number of nitrogens with zero attached hydrogens (tertiary/aromatic N) is 2. The number of benzene rings is 1. The molecular weight excluding hydrogens is 312 g/mol. The molecule has 1 aromatic carbocycles. The van der Waals surface area contributed by atoms with Crippen LogP contribution in [0.2, 0.25) is 0 Å². The van der Waals surface area contributed by atoms with Crippen LogP contribution < -0.4 is 4.90 Å². The summed E-state index contributed by atoms with van der Waals surface area (Å²) in [6.07, 6.45) is 0.431. The van der Waals surface area contributed by atoms with Crippen molar-refractivity contribution in [3.63, 3.8) is 0 Å². The number of hydrogen-bond acceptors (Lipinski definition) is 4. The number of carbonyl (C=O) groups is 2. The summed E-state index contributed by atoms with van der Waals surface area (Å²) in [6, 6.07) is 6.64. The number of anilines is 1. The second-order valence-corrected chi connectivity index (χ2v) is 5.43. The molecule has 1 fully saturated rings. The van der Waals surface area contributed by atoms with Crippen LogP contribution in [0.4, 0.5) is 5.69 Å². The van der Waals surface area contributed by atoms with Crippen LogP contribution in [0.1, 0.15) is 22.3 Å². The van der Waals surface area contributed by atoms with E-state index in [4.69, 9.17) is 5.26 Å². The van der Waals surface area contributed by atoms with Gasteiger partial charge < -0.3 is 9.64 Å². The Kier molecular flexibility index (Phi) is 3.86. The predicted molar refractivity (Wildman–Crippen MR) is 72.2 cm³/mol. The minimum atomic E-state index is -0.561. The third kappa shape index (κ3) is 2.61. The molecule has 1 unspecified atom stereocenters. The van der Waals surface area contributed by atoms with E-state index in [-0.39, 0.29) is 21.9 Å². The Balaban J connectivity index is 2.38. The molecule has 0 spiro atoms. The number of carbonyl (C=O) groups excluding carboxylic acids is 2. The Hall–Kier alpha value is -1.87. The smallest absolute Gasteiger partial charge is 0.339 e. The molecule has 0 N–H and O–H groups in total. The lowest BCUT2D eigenvalue weighted by atomic mass is 10.1. The van der Waals surface area contributed by atoms with E-state index < -0.39 is 5.97 Å². The van der Waals surface area contributed by atoms with Gasteiger partial charge in [-0.3, -0.25) is 4.79 Å². The minimum absolute atomic E-state index is 0.00316. The van der Waals surface area contributed by atoms with E-state index in [1.54, 1.807) is 11.0 Å². The van der Waals surface area contributed by atoms with Gasteiger partial charge in [-0.1, -0.05) is 15.9 Å². The van der Waals surface area contributed by atoms with Crippen molar-refractivity contribution in [3.05, 3.63) is 29.3 Å². The fourth-order valence-electron chi connectivity index (χ4n) is 1.99. The van der Waals surface area contributed by atoms with E-state index in [2.05, 4.69) is 20.7 Å². The lowest BCUT2D eigenvalue weighted by Crippen LogP contribution is -2.24. The number of hydrogen-bond donors (Lipinski definition) is 0. The summed E-state index contributed by atoms with van der Waals surface area (Å²) in [5.74, 6) is -0.564. The lowest BCUT2D eigenvalue weighted by Gasteiger charge is -2.16. The highest BCUT2D eigenvalue weighted by molar-refractivity contribution is 9.09. The van der Waals surface area contributed by atoms with Gasteiger partial charge in [0.25, 0.3) is 0 Å². The SMILES string of the molecule is COC(=O)c1ccc(N2CC(Br)CC2=O)cc1C#N. The van der Waals surface area contributed by atoms with Crippen molar-refractivity contribution in [1.82, 2.24) is 0 Å². The van der Waals surface area contributed by atoms with Gasteiger partial charge in [0.15, 0.2) is 0 Å². The van der Waals surface area contributed by atoms with Crippen molar-refractivity contribution in [2.45, 2.75) is 11.2 Å². The highest BCUT2D eigenvalue weighted by atomic mass is 79.9. The molecule has 98 valence electrons. The number of nitriles is 1. The molecule has 0 radical (unpaired) electrons. The molecule has 1 heterocycles. The van der Waals surface area contributed by atoms with Gasteiger partial charge >= 0.3 is 5.97 Å². The van der Waals surface area contributed by atoms with Gasteiger partial charge in [-0.2, -0.15) is 5.26 Å². The zero-order valence-electron chi connectivity index (χ0n) is 10.2. The highest BCUT2D eigenvalue weighted by Crippen LogP contribution is 2.27. The van der Waals surface area contributed by atoms with Gasteiger partial charge in [0.2, 0.25) is 5.91 Å². The van der Waals surface area contributed by atoms with Crippen LogP contribution >= 0.6 is 15.9 Å². The Labute approximate surface area is 118 Å². The third-order valence-electron chi connectivity index (χ3n) is 2.92. The van der Waals surface area contributed by atoms with Crippen LogP contribution in [0.5, 0.6) is 0 Å². The van der Waals surface area contributed by atoms with Gasteiger partial charge in [0, 0.05) is 23.5 Å². The number of alkyl halides is 1. The largest absolute Gasteiger partial charge is 0.465 e. The van der Waals surface area contributed by atoms with Crippen molar-refractivity contribution in [2.75, 3.05) is 18.6 Å². The van der Waals surface area contributed by atoms with E-state index >= 15 is 0 Å². The molecule has 19 heavy (non-hydrogen) atoms.